The van der Waals surface area contributed by atoms with Gasteiger partial charge in [0.05, 0.1) is 10.9 Å². The number of imidazole rings is 1. The van der Waals surface area contributed by atoms with Crippen LogP contribution in [-0.2, 0) is 9.59 Å². The number of rotatable bonds is 1. The van der Waals surface area contributed by atoms with Gasteiger partial charge in [-0.05, 0) is 12.1 Å². The third-order valence-corrected chi connectivity index (χ3v) is 2.17. The molecular weight excluding hydrogens is 232 g/mol. The van der Waals surface area contributed by atoms with Gasteiger partial charge >= 0.3 is 0 Å². The standard InChI is InChI=1S/C12H12N4O2/c1-7(17)13-9-5-3-4-6-10-11(9)16-12(15-10)14-8(2)18/h3-6H,1-2H3,(H2,14,15,16,18). The highest BCUT2D eigenvalue weighted by atomic mass is 16.1. The predicted molar refractivity (Wildman–Crippen MR) is 66.6 cm³/mol. The first kappa shape index (κ1) is 12.0. The monoisotopic (exact) mass is 244 g/mol. The minimum absolute atomic E-state index is 0.219. The molecular formula is C12H12N4O2. The number of carbonyl (C=O) groups excluding carboxylic acids is 2. The van der Waals surface area contributed by atoms with Crippen molar-refractivity contribution in [3.63, 3.8) is 0 Å². The fraction of sp³-hybridized carbons (Fsp3) is 0.167. The largest absolute Gasteiger partial charge is 0.324 e. The van der Waals surface area contributed by atoms with Crippen LogP contribution in [0.15, 0.2) is 29.3 Å². The van der Waals surface area contributed by atoms with Crippen molar-refractivity contribution < 1.29 is 9.59 Å². The Hall–Kier alpha value is -2.50. The topological polar surface area (TPSA) is 87.2 Å². The van der Waals surface area contributed by atoms with Crippen molar-refractivity contribution in [2.45, 2.75) is 13.8 Å². The van der Waals surface area contributed by atoms with Crippen LogP contribution in [0.2, 0.25) is 0 Å². The fourth-order valence-corrected chi connectivity index (χ4v) is 1.57. The third kappa shape index (κ3) is 2.60. The Labute approximate surface area is 103 Å². The molecule has 0 fully saturated rings. The number of aromatic nitrogens is 2. The average molecular weight is 244 g/mol. The molecule has 2 N–H and O–H groups in total. The lowest BCUT2D eigenvalue weighted by atomic mass is 10.4. The van der Waals surface area contributed by atoms with Gasteiger partial charge in [-0.25, -0.2) is 9.98 Å². The molecule has 6 nitrogen and oxygen atoms in total. The van der Waals surface area contributed by atoms with E-state index in [4.69, 9.17) is 0 Å². The maximum Gasteiger partial charge on any atom is 0.243 e. The van der Waals surface area contributed by atoms with Gasteiger partial charge in [-0.1, -0.05) is 12.1 Å². The first-order valence-corrected chi connectivity index (χ1v) is 5.38. The number of hydrogen-bond donors (Lipinski definition) is 2. The van der Waals surface area contributed by atoms with E-state index in [1.807, 2.05) is 0 Å². The van der Waals surface area contributed by atoms with Crippen LogP contribution in [-0.4, -0.2) is 21.8 Å². The van der Waals surface area contributed by atoms with E-state index in [-0.39, 0.29) is 11.8 Å². The smallest absolute Gasteiger partial charge is 0.243 e. The van der Waals surface area contributed by atoms with E-state index >= 15 is 0 Å². The van der Waals surface area contributed by atoms with Gasteiger partial charge in [-0.2, -0.15) is 0 Å². The lowest BCUT2D eigenvalue weighted by molar-refractivity contribution is -0.116. The maximum atomic E-state index is 11.1. The molecule has 0 aliphatic carbocycles. The van der Waals surface area contributed by atoms with Crippen molar-refractivity contribution in [1.29, 1.82) is 0 Å². The van der Waals surface area contributed by atoms with E-state index in [1.54, 1.807) is 24.3 Å². The van der Waals surface area contributed by atoms with Gasteiger partial charge in [-0.3, -0.25) is 14.9 Å². The van der Waals surface area contributed by atoms with Crippen molar-refractivity contribution in [1.82, 2.24) is 9.97 Å². The first-order chi connectivity index (χ1) is 8.56. The second kappa shape index (κ2) is 4.79. The van der Waals surface area contributed by atoms with Gasteiger partial charge in [-0.15, -0.1) is 0 Å². The number of anilines is 1. The number of aromatic amines is 1. The van der Waals surface area contributed by atoms with Crippen LogP contribution < -0.4 is 10.7 Å². The van der Waals surface area contributed by atoms with E-state index in [9.17, 15) is 9.59 Å². The number of hydrogen-bond acceptors (Lipinski definition) is 3. The van der Waals surface area contributed by atoms with E-state index in [1.165, 1.54) is 13.8 Å². The van der Waals surface area contributed by atoms with Gasteiger partial charge in [0.25, 0.3) is 0 Å². The van der Waals surface area contributed by atoms with Crippen LogP contribution in [0.25, 0.3) is 11.0 Å². The Morgan fingerprint density at radius 1 is 1.28 bits per heavy atom. The second-order valence-electron chi connectivity index (χ2n) is 3.76. The molecule has 2 rings (SSSR count). The Bertz CT molecular complexity index is 688. The highest BCUT2D eigenvalue weighted by molar-refractivity contribution is 5.89. The molecule has 2 aromatic rings. The van der Waals surface area contributed by atoms with Crippen molar-refractivity contribution in [2.24, 2.45) is 4.99 Å². The second-order valence-corrected chi connectivity index (χ2v) is 3.76. The summed E-state index contributed by atoms with van der Waals surface area (Å²) in [6, 6.07) is 7.07. The Morgan fingerprint density at radius 2 is 2.00 bits per heavy atom. The zero-order valence-corrected chi connectivity index (χ0v) is 10.0. The Balaban J connectivity index is 2.69. The summed E-state index contributed by atoms with van der Waals surface area (Å²) in [5.41, 5.74) is 1.24. The third-order valence-electron chi connectivity index (χ3n) is 2.17. The first-order valence-electron chi connectivity index (χ1n) is 5.38. The number of H-pyrrole nitrogens is 1. The van der Waals surface area contributed by atoms with Crippen molar-refractivity contribution in [2.75, 3.05) is 5.32 Å². The summed E-state index contributed by atoms with van der Waals surface area (Å²) in [5, 5.41) is 3.02. The molecule has 0 aliphatic rings. The Morgan fingerprint density at radius 3 is 2.67 bits per heavy atom. The lowest BCUT2D eigenvalue weighted by Gasteiger charge is -1.92. The number of amides is 2. The highest BCUT2D eigenvalue weighted by Crippen LogP contribution is 2.09. The minimum atomic E-state index is -0.299. The van der Waals surface area contributed by atoms with Crippen molar-refractivity contribution in [3.05, 3.63) is 29.6 Å². The SMILES string of the molecule is CC(=O)N=c1ccccc2[nH]c(NC(C)=O)nc12. The summed E-state index contributed by atoms with van der Waals surface area (Å²) in [5.74, 6) is -0.182. The molecule has 2 amide bonds. The molecule has 1 heterocycles. The minimum Gasteiger partial charge on any atom is -0.324 e. The predicted octanol–water partition coefficient (Wildman–Crippen LogP) is 0.968. The molecule has 92 valence electrons. The van der Waals surface area contributed by atoms with Crippen molar-refractivity contribution in [3.8, 4) is 0 Å². The number of nitrogens with one attached hydrogen (secondary N) is 2. The summed E-state index contributed by atoms with van der Waals surface area (Å²) >= 11 is 0. The molecule has 0 radical (unpaired) electrons. The van der Waals surface area contributed by atoms with Gasteiger partial charge in [0.2, 0.25) is 17.8 Å². The maximum absolute atomic E-state index is 11.1. The number of carbonyl (C=O) groups is 2. The zero-order chi connectivity index (χ0) is 13.1. The molecule has 1 aromatic heterocycles. The fourth-order valence-electron chi connectivity index (χ4n) is 1.57. The average Bonchev–Trinajstić information content (AvgIpc) is 2.56. The van der Waals surface area contributed by atoms with E-state index in [2.05, 4.69) is 20.3 Å². The van der Waals surface area contributed by atoms with Crippen LogP contribution in [0.4, 0.5) is 5.95 Å². The Kier molecular flexibility index (Phi) is 3.18. The molecule has 0 spiro atoms. The number of nitrogens with zero attached hydrogens (tertiary/aromatic N) is 2. The van der Waals surface area contributed by atoms with Crippen LogP contribution in [0.3, 0.4) is 0 Å². The van der Waals surface area contributed by atoms with Crippen LogP contribution in [0, 0.1) is 0 Å². The quantitative estimate of drug-likeness (QED) is 0.783. The van der Waals surface area contributed by atoms with Gasteiger partial charge in [0.1, 0.15) is 5.52 Å². The summed E-state index contributed by atoms with van der Waals surface area (Å²) in [7, 11) is 0. The molecule has 0 saturated carbocycles. The molecule has 1 aromatic carbocycles. The van der Waals surface area contributed by atoms with Gasteiger partial charge in [0, 0.05) is 13.8 Å². The molecule has 0 aliphatic heterocycles. The van der Waals surface area contributed by atoms with E-state index in [0.717, 1.165) is 0 Å². The van der Waals surface area contributed by atoms with Gasteiger partial charge in [0.15, 0.2) is 0 Å². The zero-order valence-electron chi connectivity index (χ0n) is 10.0. The summed E-state index contributed by atoms with van der Waals surface area (Å²) in [6.07, 6.45) is 0. The van der Waals surface area contributed by atoms with E-state index < -0.39 is 0 Å². The lowest BCUT2D eigenvalue weighted by Crippen LogP contribution is -2.07. The van der Waals surface area contributed by atoms with Gasteiger partial charge < -0.3 is 4.98 Å². The summed E-state index contributed by atoms with van der Waals surface area (Å²) in [6.45, 7) is 2.77. The molecule has 6 heteroatoms. The molecule has 0 unspecified atom stereocenters. The van der Waals surface area contributed by atoms with Crippen molar-refractivity contribution >= 4 is 28.8 Å². The highest BCUT2D eigenvalue weighted by Gasteiger charge is 2.04. The van der Waals surface area contributed by atoms with E-state index in [0.29, 0.717) is 22.3 Å². The van der Waals surface area contributed by atoms with Crippen LogP contribution in [0.1, 0.15) is 13.8 Å². The molecule has 0 atom stereocenters. The normalized spacial score (nSPS) is 11.6. The molecule has 0 saturated heterocycles. The van der Waals surface area contributed by atoms with Crippen LogP contribution >= 0.6 is 0 Å². The number of fused-ring (bicyclic) bond motifs is 1. The summed E-state index contributed by atoms with van der Waals surface area (Å²) in [4.78, 5) is 33.1. The summed E-state index contributed by atoms with van der Waals surface area (Å²) < 4.78 is 0. The molecule has 0 bridgehead atoms. The van der Waals surface area contributed by atoms with Crippen LogP contribution in [0.5, 0.6) is 0 Å². The molecule has 18 heavy (non-hydrogen) atoms.